The van der Waals surface area contributed by atoms with Crippen LogP contribution in [-0.4, -0.2) is 25.0 Å². The Morgan fingerprint density at radius 3 is 2.67 bits per heavy atom. The minimum atomic E-state index is -0.365. The lowest BCUT2D eigenvalue weighted by Gasteiger charge is -2.05. The van der Waals surface area contributed by atoms with Gasteiger partial charge >= 0.3 is 6.03 Å². The van der Waals surface area contributed by atoms with Gasteiger partial charge in [0.25, 0.3) is 0 Å². The number of anilines is 1. The SMILES string of the molecule is CC(=O)NCCNC(=O)Nc1ccco1. The molecule has 0 aliphatic carbocycles. The quantitative estimate of drug-likeness (QED) is 0.635. The summed E-state index contributed by atoms with van der Waals surface area (Å²) >= 11 is 0. The molecule has 0 aliphatic heterocycles. The van der Waals surface area contributed by atoms with Gasteiger partial charge in [0.05, 0.1) is 6.26 Å². The van der Waals surface area contributed by atoms with Crippen LogP contribution in [0, 0.1) is 0 Å². The topological polar surface area (TPSA) is 83.4 Å². The standard InChI is InChI=1S/C9H13N3O3/c1-7(13)10-4-5-11-9(14)12-8-3-2-6-15-8/h2-3,6H,4-5H2,1H3,(H,10,13)(H2,11,12,14). The van der Waals surface area contributed by atoms with Crippen molar-refractivity contribution >= 4 is 17.8 Å². The molecule has 6 heteroatoms. The van der Waals surface area contributed by atoms with Crippen LogP contribution in [-0.2, 0) is 4.79 Å². The molecular formula is C9H13N3O3. The van der Waals surface area contributed by atoms with Crippen molar-refractivity contribution in [3.05, 3.63) is 18.4 Å². The molecule has 0 saturated carbocycles. The molecule has 0 saturated heterocycles. The number of carbonyl (C=O) groups is 2. The van der Waals surface area contributed by atoms with Crippen LogP contribution in [0.15, 0.2) is 22.8 Å². The molecule has 1 aromatic heterocycles. The van der Waals surface area contributed by atoms with E-state index in [4.69, 9.17) is 4.42 Å². The summed E-state index contributed by atoms with van der Waals surface area (Å²) in [6.07, 6.45) is 1.47. The zero-order valence-electron chi connectivity index (χ0n) is 8.37. The van der Waals surface area contributed by atoms with Crippen molar-refractivity contribution in [3.63, 3.8) is 0 Å². The number of nitrogens with one attached hydrogen (secondary N) is 3. The first-order valence-electron chi connectivity index (χ1n) is 4.51. The Labute approximate surface area is 87.0 Å². The highest BCUT2D eigenvalue weighted by atomic mass is 16.3. The minimum absolute atomic E-state index is 0.122. The summed E-state index contributed by atoms with van der Waals surface area (Å²) in [4.78, 5) is 21.7. The van der Waals surface area contributed by atoms with Crippen LogP contribution in [0.3, 0.4) is 0 Å². The summed E-state index contributed by atoms with van der Waals surface area (Å²) in [5.41, 5.74) is 0. The molecule has 0 aliphatic rings. The molecule has 0 atom stereocenters. The Hall–Kier alpha value is -1.98. The van der Waals surface area contributed by atoms with Gasteiger partial charge in [0, 0.05) is 26.1 Å². The van der Waals surface area contributed by atoms with Gasteiger partial charge in [-0.2, -0.15) is 0 Å². The van der Waals surface area contributed by atoms with Gasteiger partial charge in [0.1, 0.15) is 0 Å². The zero-order chi connectivity index (χ0) is 11.1. The highest BCUT2D eigenvalue weighted by molar-refractivity contribution is 5.87. The maximum Gasteiger partial charge on any atom is 0.321 e. The Morgan fingerprint density at radius 1 is 1.33 bits per heavy atom. The zero-order valence-corrected chi connectivity index (χ0v) is 8.37. The summed E-state index contributed by atoms with van der Waals surface area (Å²) in [6, 6.07) is 2.94. The molecule has 6 nitrogen and oxygen atoms in total. The number of hydrogen-bond acceptors (Lipinski definition) is 3. The van der Waals surface area contributed by atoms with Gasteiger partial charge in [-0.15, -0.1) is 0 Å². The third kappa shape index (κ3) is 4.70. The normalized spacial score (nSPS) is 9.40. The van der Waals surface area contributed by atoms with E-state index in [9.17, 15) is 9.59 Å². The van der Waals surface area contributed by atoms with Crippen molar-refractivity contribution in [2.45, 2.75) is 6.92 Å². The summed E-state index contributed by atoms with van der Waals surface area (Å²) in [5, 5.41) is 7.59. The predicted octanol–water partition coefficient (Wildman–Crippen LogP) is 0.537. The van der Waals surface area contributed by atoms with E-state index in [2.05, 4.69) is 16.0 Å². The van der Waals surface area contributed by atoms with Crippen molar-refractivity contribution in [3.8, 4) is 0 Å². The largest absolute Gasteiger partial charge is 0.449 e. The summed E-state index contributed by atoms with van der Waals surface area (Å²) in [5.74, 6) is 0.260. The maximum absolute atomic E-state index is 11.2. The monoisotopic (exact) mass is 211 g/mol. The molecular weight excluding hydrogens is 198 g/mol. The van der Waals surface area contributed by atoms with Gasteiger partial charge < -0.3 is 15.1 Å². The Bertz CT molecular complexity index is 321. The van der Waals surface area contributed by atoms with Crippen molar-refractivity contribution in [1.82, 2.24) is 10.6 Å². The van der Waals surface area contributed by atoms with Crippen LogP contribution in [0.25, 0.3) is 0 Å². The number of urea groups is 1. The fourth-order valence-corrected chi connectivity index (χ4v) is 0.920. The fraction of sp³-hybridized carbons (Fsp3) is 0.333. The molecule has 3 amide bonds. The second kappa shape index (κ2) is 5.69. The molecule has 15 heavy (non-hydrogen) atoms. The van der Waals surface area contributed by atoms with Crippen LogP contribution in [0.5, 0.6) is 0 Å². The van der Waals surface area contributed by atoms with Crippen LogP contribution in [0.1, 0.15) is 6.92 Å². The number of furan rings is 1. The lowest BCUT2D eigenvalue weighted by Crippen LogP contribution is -2.35. The Morgan fingerprint density at radius 2 is 2.07 bits per heavy atom. The molecule has 0 spiro atoms. The first kappa shape index (κ1) is 11.1. The molecule has 1 rings (SSSR count). The van der Waals surface area contributed by atoms with Crippen LogP contribution in [0.4, 0.5) is 10.7 Å². The number of rotatable bonds is 4. The number of hydrogen-bond donors (Lipinski definition) is 3. The van der Waals surface area contributed by atoms with E-state index in [1.165, 1.54) is 13.2 Å². The Kier molecular flexibility index (Phi) is 4.21. The molecule has 0 bridgehead atoms. The summed E-state index contributed by atoms with van der Waals surface area (Å²) in [6.45, 7) is 2.19. The molecule has 0 fully saturated rings. The average molecular weight is 211 g/mol. The molecule has 1 heterocycles. The fourth-order valence-electron chi connectivity index (χ4n) is 0.920. The first-order valence-corrected chi connectivity index (χ1v) is 4.51. The predicted molar refractivity (Wildman–Crippen MR) is 54.4 cm³/mol. The lowest BCUT2D eigenvalue weighted by molar-refractivity contribution is -0.118. The van der Waals surface area contributed by atoms with E-state index in [1.54, 1.807) is 12.1 Å². The van der Waals surface area contributed by atoms with E-state index < -0.39 is 0 Å². The third-order valence-electron chi connectivity index (χ3n) is 1.54. The van der Waals surface area contributed by atoms with Crippen molar-refractivity contribution in [1.29, 1.82) is 0 Å². The molecule has 1 aromatic rings. The van der Waals surface area contributed by atoms with Crippen molar-refractivity contribution in [2.75, 3.05) is 18.4 Å². The van der Waals surface area contributed by atoms with Crippen LogP contribution < -0.4 is 16.0 Å². The molecule has 0 radical (unpaired) electrons. The second-order valence-electron chi connectivity index (χ2n) is 2.84. The molecule has 0 aromatic carbocycles. The smallest absolute Gasteiger partial charge is 0.321 e. The van der Waals surface area contributed by atoms with E-state index in [0.29, 0.717) is 19.0 Å². The van der Waals surface area contributed by atoms with Gasteiger partial charge in [-0.3, -0.25) is 10.1 Å². The van der Waals surface area contributed by atoms with Gasteiger partial charge in [-0.25, -0.2) is 4.79 Å². The highest BCUT2D eigenvalue weighted by Crippen LogP contribution is 2.05. The first-order chi connectivity index (χ1) is 7.18. The maximum atomic E-state index is 11.2. The van der Waals surface area contributed by atoms with Crippen molar-refractivity contribution in [2.24, 2.45) is 0 Å². The van der Waals surface area contributed by atoms with E-state index in [1.807, 2.05) is 0 Å². The van der Waals surface area contributed by atoms with Gasteiger partial charge in [-0.1, -0.05) is 0 Å². The van der Waals surface area contributed by atoms with E-state index in [0.717, 1.165) is 0 Å². The summed E-state index contributed by atoms with van der Waals surface area (Å²) < 4.78 is 4.91. The van der Waals surface area contributed by atoms with Crippen LogP contribution >= 0.6 is 0 Å². The lowest BCUT2D eigenvalue weighted by atomic mass is 10.5. The van der Waals surface area contributed by atoms with Crippen LogP contribution in [0.2, 0.25) is 0 Å². The minimum Gasteiger partial charge on any atom is -0.449 e. The van der Waals surface area contributed by atoms with E-state index in [-0.39, 0.29) is 11.9 Å². The average Bonchev–Trinajstić information content (AvgIpc) is 2.64. The van der Waals surface area contributed by atoms with Gasteiger partial charge in [-0.05, 0) is 6.07 Å². The summed E-state index contributed by atoms with van der Waals surface area (Å²) in [7, 11) is 0. The second-order valence-corrected chi connectivity index (χ2v) is 2.84. The number of amides is 3. The van der Waals surface area contributed by atoms with Gasteiger partial charge in [0.15, 0.2) is 0 Å². The Balaban J connectivity index is 2.11. The third-order valence-corrected chi connectivity index (χ3v) is 1.54. The van der Waals surface area contributed by atoms with Gasteiger partial charge in [0.2, 0.25) is 11.8 Å². The molecule has 82 valence electrons. The number of carbonyl (C=O) groups excluding carboxylic acids is 2. The molecule has 3 N–H and O–H groups in total. The van der Waals surface area contributed by atoms with E-state index >= 15 is 0 Å². The van der Waals surface area contributed by atoms with Crippen molar-refractivity contribution < 1.29 is 14.0 Å². The molecule has 0 unspecified atom stereocenters. The highest BCUT2D eigenvalue weighted by Gasteiger charge is 2.01.